The lowest BCUT2D eigenvalue weighted by molar-refractivity contribution is -0.118. The van der Waals surface area contributed by atoms with E-state index in [1.54, 1.807) is 43.3 Å². The molecule has 3 atom stereocenters. The zero-order valence-corrected chi connectivity index (χ0v) is 19.5. The molecule has 0 unspecified atom stereocenters. The van der Waals surface area contributed by atoms with Gasteiger partial charge in [0.2, 0.25) is 0 Å². The second-order valence-electron chi connectivity index (χ2n) is 9.43. The Balaban J connectivity index is 1.69. The minimum atomic E-state index is -1.44. The Morgan fingerprint density at radius 3 is 2.21 bits per heavy atom. The Hall–Kier alpha value is -3.50. The van der Waals surface area contributed by atoms with Gasteiger partial charge in [0.05, 0.1) is 12.1 Å². The Kier molecular flexibility index (Phi) is 4.49. The van der Waals surface area contributed by atoms with Crippen LogP contribution >= 0.6 is 11.6 Å². The maximum atomic E-state index is 14.3. The first-order valence-electron chi connectivity index (χ1n) is 11.4. The Morgan fingerprint density at radius 1 is 0.941 bits per heavy atom. The maximum Gasteiger partial charge on any atom is 0.180 e. The van der Waals surface area contributed by atoms with Gasteiger partial charge in [0, 0.05) is 27.8 Å². The highest BCUT2D eigenvalue weighted by atomic mass is 35.5. The lowest BCUT2D eigenvalue weighted by Crippen LogP contribution is -2.48. The van der Waals surface area contributed by atoms with Gasteiger partial charge < -0.3 is 4.90 Å². The predicted octanol–water partition coefficient (Wildman–Crippen LogP) is 5.67. The molecular weight excluding hydrogens is 446 g/mol. The van der Waals surface area contributed by atoms with Crippen LogP contribution in [0.1, 0.15) is 50.2 Å². The van der Waals surface area contributed by atoms with E-state index < -0.39 is 23.4 Å². The van der Waals surface area contributed by atoms with Crippen molar-refractivity contribution in [3.05, 3.63) is 106 Å². The molecular formula is C29H22ClNO3. The van der Waals surface area contributed by atoms with E-state index in [-0.39, 0.29) is 17.3 Å². The van der Waals surface area contributed by atoms with Gasteiger partial charge in [0.1, 0.15) is 5.41 Å². The third kappa shape index (κ3) is 2.57. The number of rotatable bonds is 2. The van der Waals surface area contributed by atoms with E-state index >= 15 is 0 Å². The van der Waals surface area contributed by atoms with E-state index in [2.05, 4.69) is 0 Å². The minimum absolute atomic E-state index is 0.0823. The van der Waals surface area contributed by atoms with Crippen LogP contribution in [0, 0.1) is 12.3 Å². The SMILES string of the molecule is CC(=O)[C@@H]1[C@@H](c2ccc(Cl)cc2)C2(C(=O)c3ccccc3C2=O)[C@H]2C=Cc3ccc(C)cc3N12. The highest BCUT2D eigenvalue weighted by Gasteiger charge is 2.71. The molecule has 2 heterocycles. The van der Waals surface area contributed by atoms with Gasteiger partial charge in [-0.1, -0.05) is 72.3 Å². The molecule has 3 aromatic carbocycles. The van der Waals surface area contributed by atoms with Gasteiger partial charge in [-0.3, -0.25) is 14.4 Å². The van der Waals surface area contributed by atoms with Crippen LogP contribution in [0.5, 0.6) is 0 Å². The first-order chi connectivity index (χ1) is 16.4. The molecule has 1 spiro atoms. The average Bonchev–Trinajstić information content (AvgIpc) is 3.27. The van der Waals surface area contributed by atoms with Crippen molar-refractivity contribution in [1.29, 1.82) is 0 Å². The van der Waals surface area contributed by atoms with Gasteiger partial charge >= 0.3 is 0 Å². The van der Waals surface area contributed by atoms with Gasteiger partial charge in [-0.25, -0.2) is 0 Å². The smallest absolute Gasteiger partial charge is 0.180 e. The molecule has 3 aromatic rings. The molecule has 4 nitrogen and oxygen atoms in total. The number of Topliss-reactive ketones (excluding diaryl/α,β-unsaturated/α-hetero) is 3. The summed E-state index contributed by atoms with van der Waals surface area (Å²) in [5, 5.41) is 0.557. The van der Waals surface area contributed by atoms with Gasteiger partial charge in [-0.15, -0.1) is 0 Å². The number of carbonyl (C=O) groups is 3. The van der Waals surface area contributed by atoms with E-state index in [1.165, 1.54) is 0 Å². The zero-order chi connectivity index (χ0) is 23.8. The summed E-state index contributed by atoms with van der Waals surface area (Å²) in [6, 6.07) is 19.0. The fourth-order valence-corrected chi connectivity index (χ4v) is 6.39. The number of fused-ring (bicyclic) bond motifs is 5. The molecule has 168 valence electrons. The normalized spacial score (nSPS) is 23.7. The summed E-state index contributed by atoms with van der Waals surface area (Å²) in [5.41, 5.74) is 3.07. The molecule has 0 bridgehead atoms. The summed E-state index contributed by atoms with van der Waals surface area (Å²) < 4.78 is 0. The molecule has 0 aromatic heterocycles. The summed E-state index contributed by atoms with van der Waals surface area (Å²) in [5.74, 6) is -1.17. The molecule has 3 aliphatic rings. The van der Waals surface area contributed by atoms with Crippen molar-refractivity contribution in [3.63, 3.8) is 0 Å². The van der Waals surface area contributed by atoms with Crippen LogP contribution in [-0.2, 0) is 4.79 Å². The molecule has 0 N–H and O–H groups in total. The Morgan fingerprint density at radius 2 is 1.59 bits per heavy atom. The fraction of sp³-hybridized carbons (Fsp3) is 0.207. The molecule has 34 heavy (non-hydrogen) atoms. The van der Waals surface area contributed by atoms with E-state index in [0.717, 1.165) is 22.4 Å². The quantitative estimate of drug-likeness (QED) is 0.455. The predicted molar refractivity (Wildman–Crippen MR) is 133 cm³/mol. The van der Waals surface area contributed by atoms with Crippen LogP contribution in [0.4, 0.5) is 5.69 Å². The second-order valence-corrected chi connectivity index (χ2v) is 9.87. The van der Waals surface area contributed by atoms with Crippen molar-refractivity contribution in [2.45, 2.75) is 31.8 Å². The summed E-state index contributed by atoms with van der Waals surface area (Å²) in [6.07, 6.45) is 3.91. The van der Waals surface area contributed by atoms with Crippen molar-refractivity contribution >= 4 is 40.7 Å². The number of aryl methyl sites for hydroxylation is 1. The van der Waals surface area contributed by atoms with Crippen molar-refractivity contribution in [2.24, 2.45) is 5.41 Å². The molecule has 0 amide bonds. The monoisotopic (exact) mass is 467 g/mol. The minimum Gasteiger partial charge on any atom is -0.352 e. The van der Waals surface area contributed by atoms with E-state index in [1.807, 2.05) is 54.3 Å². The first kappa shape index (κ1) is 21.1. The lowest BCUT2D eigenvalue weighted by atomic mass is 9.64. The van der Waals surface area contributed by atoms with Crippen LogP contribution < -0.4 is 4.90 Å². The van der Waals surface area contributed by atoms with Crippen LogP contribution in [0.3, 0.4) is 0 Å². The molecule has 0 radical (unpaired) electrons. The largest absolute Gasteiger partial charge is 0.352 e. The van der Waals surface area contributed by atoms with Gasteiger partial charge in [0.15, 0.2) is 17.3 Å². The summed E-state index contributed by atoms with van der Waals surface area (Å²) in [6.45, 7) is 3.55. The van der Waals surface area contributed by atoms with E-state index in [4.69, 9.17) is 11.6 Å². The number of ketones is 3. The third-order valence-electron chi connectivity index (χ3n) is 7.61. The molecule has 5 heteroatoms. The van der Waals surface area contributed by atoms with Gasteiger partial charge in [-0.05, 0) is 48.7 Å². The number of carbonyl (C=O) groups excluding carboxylic acids is 3. The number of anilines is 1. The van der Waals surface area contributed by atoms with Gasteiger partial charge in [-0.2, -0.15) is 0 Å². The molecule has 0 saturated carbocycles. The number of hydrogen-bond acceptors (Lipinski definition) is 4. The van der Waals surface area contributed by atoms with E-state index in [0.29, 0.717) is 16.1 Å². The molecule has 1 fully saturated rings. The van der Waals surface area contributed by atoms with Crippen LogP contribution in [0.25, 0.3) is 6.08 Å². The maximum absolute atomic E-state index is 14.3. The fourth-order valence-electron chi connectivity index (χ4n) is 6.27. The van der Waals surface area contributed by atoms with Crippen LogP contribution in [0.15, 0.2) is 72.8 Å². The number of hydrogen-bond donors (Lipinski definition) is 0. The van der Waals surface area contributed by atoms with Crippen molar-refractivity contribution in [1.82, 2.24) is 0 Å². The first-order valence-corrected chi connectivity index (χ1v) is 11.7. The molecule has 2 aliphatic heterocycles. The summed E-state index contributed by atoms with van der Waals surface area (Å²) in [4.78, 5) is 43.9. The van der Waals surface area contributed by atoms with E-state index in [9.17, 15) is 14.4 Å². The molecule has 1 saturated heterocycles. The van der Waals surface area contributed by atoms with Crippen molar-refractivity contribution < 1.29 is 14.4 Å². The molecule has 1 aliphatic carbocycles. The second kappa shape index (κ2) is 7.25. The summed E-state index contributed by atoms with van der Waals surface area (Å²) >= 11 is 6.18. The summed E-state index contributed by atoms with van der Waals surface area (Å²) in [7, 11) is 0. The average molecular weight is 468 g/mol. The number of benzene rings is 3. The van der Waals surface area contributed by atoms with Crippen LogP contribution in [0.2, 0.25) is 5.02 Å². The van der Waals surface area contributed by atoms with Crippen molar-refractivity contribution in [3.8, 4) is 0 Å². The molecule has 6 rings (SSSR count). The number of nitrogens with zero attached hydrogens (tertiary/aromatic N) is 1. The zero-order valence-electron chi connectivity index (χ0n) is 18.8. The topological polar surface area (TPSA) is 54.5 Å². The Labute approximate surface area is 202 Å². The van der Waals surface area contributed by atoms with Crippen molar-refractivity contribution in [2.75, 3.05) is 4.90 Å². The standard InChI is InChI=1S/C29H22ClNO3/c1-16-7-8-18-11-14-24-29(27(33)21-5-3-4-6-22(21)28(29)34)25(19-9-12-20(30)13-10-19)26(17(2)32)31(24)23(18)15-16/h3-15,24-26H,1-2H3/t24-,25-,26-/m1/s1. The number of halogens is 1. The highest BCUT2D eigenvalue weighted by Crippen LogP contribution is 2.60. The lowest BCUT2D eigenvalue weighted by Gasteiger charge is -2.37. The highest BCUT2D eigenvalue weighted by molar-refractivity contribution is 6.32. The Bertz CT molecular complexity index is 1390. The van der Waals surface area contributed by atoms with Crippen LogP contribution in [-0.4, -0.2) is 29.4 Å². The third-order valence-corrected chi connectivity index (χ3v) is 7.86. The van der Waals surface area contributed by atoms with Gasteiger partial charge in [0.25, 0.3) is 0 Å².